The average Bonchev–Trinajstić information content (AvgIpc) is 3.11. The van der Waals surface area contributed by atoms with Crippen LogP contribution in [0.2, 0.25) is 0 Å². The molecule has 0 N–H and O–H groups in total. The van der Waals surface area contributed by atoms with Crippen molar-refractivity contribution in [1.29, 1.82) is 0 Å². The van der Waals surface area contributed by atoms with Crippen molar-refractivity contribution in [3.05, 3.63) is 0 Å². The molecule has 0 aliphatic rings. The summed E-state index contributed by atoms with van der Waals surface area (Å²) >= 11 is 0. The van der Waals surface area contributed by atoms with E-state index in [-0.39, 0.29) is 78.7 Å². The maximum Gasteiger partial charge on any atom is 0.247 e. The van der Waals surface area contributed by atoms with E-state index in [1.807, 2.05) is 152 Å². The third-order valence-electron chi connectivity index (χ3n) is 12.2. The SMILES string of the molecule is CC(C)C(C(=O)N(C)CC(C(=O)N(C)CC(N(C)C(=O)C(CN(C)C(=O)C(C(C)C)N(C)C)N(C)C(=O)C(C(C)C)N(C)C)C(C)(C)C)N(C)C(=O)C(C(C)C)N(C)C)N(C)C. The van der Waals surface area contributed by atoms with E-state index in [1.165, 1.54) is 14.7 Å². The Hall–Kier alpha value is -3.34. The van der Waals surface area contributed by atoms with Crippen LogP contribution in [-0.4, -0.2) is 245 Å². The van der Waals surface area contributed by atoms with E-state index < -0.39 is 47.7 Å². The molecule has 0 radical (unpaired) electrons. The standard InChI is InChI=1S/C46H92N10O6/c1-29(2)36(47(12)13)42(59)51(20)26-33(54(23)44(61)38(31(5)6)49(16)17)40(57)53(22)28-35(46(9,10)11)56(25)41(58)34(55(24)45(62)39(32(7)8)50(18)19)27-52(21)43(60)37(30(3)4)48(14)15/h29-39H,26-28H2,1-25H3. The van der Waals surface area contributed by atoms with Crippen molar-refractivity contribution in [2.45, 2.75) is 118 Å². The zero-order chi connectivity index (χ0) is 49.2. The molecule has 0 aromatic heterocycles. The van der Waals surface area contributed by atoms with Gasteiger partial charge in [-0.1, -0.05) is 76.2 Å². The summed E-state index contributed by atoms with van der Waals surface area (Å²) in [5.74, 6) is -1.71. The van der Waals surface area contributed by atoms with Gasteiger partial charge in [-0.25, -0.2) is 0 Å². The van der Waals surface area contributed by atoms with Gasteiger partial charge in [0.1, 0.15) is 12.1 Å². The summed E-state index contributed by atoms with van der Waals surface area (Å²) in [6, 6.07) is -4.60. The highest BCUT2D eigenvalue weighted by atomic mass is 16.2. The Kier molecular flexibility index (Phi) is 23.3. The highest BCUT2D eigenvalue weighted by Crippen LogP contribution is 2.27. The molecule has 0 rings (SSSR count). The molecule has 0 fully saturated rings. The van der Waals surface area contributed by atoms with Crippen molar-refractivity contribution in [2.75, 3.05) is 118 Å². The molecule has 0 saturated heterocycles. The third kappa shape index (κ3) is 15.4. The van der Waals surface area contributed by atoms with Gasteiger partial charge in [-0.2, -0.15) is 0 Å². The summed E-state index contributed by atoms with van der Waals surface area (Å²) in [6.07, 6.45) is 0. The zero-order valence-corrected chi connectivity index (χ0v) is 43.9. The number of likely N-dealkylation sites (N-methyl/N-ethyl adjacent to an activating group) is 10. The fraction of sp³-hybridized carbons (Fsp3) is 0.870. The lowest BCUT2D eigenvalue weighted by atomic mass is 9.85. The predicted octanol–water partition coefficient (Wildman–Crippen LogP) is 2.23. The first-order chi connectivity index (χ1) is 28.1. The van der Waals surface area contributed by atoms with Crippen LogP contribution in [0.1, 0.15) is 76.2 Å². The van der Waals surface area contributed by atoms with Gasteiger partial charge in [0.05, 0.1) is 30.2 Å². The van der Waals surface area contributed by atoms with Crippen molar-refractivity contribution in [3.8, 4) is 0 Å². The summed E-state index contributed by atoms with van der Waals surface area (Å²) in [4.78, 5) is 103. The first-order valence-electron chi connectivity index (χ1n) is 22.3. The quantitative estimate of drug-likeness (QED) is 0.151. The smallest absolute Gasteiger partial charge is 0.247 e. The minimum atomic E-state index is -1.05. The van der Waals surface area contributed by atoms with Crippen LogP contribution in [0, 0.1) is 29.1 Å². The molecule has 0 aromatic rings. The summed E-state index contributed by atoms with van der Waals surface area (Å²) in [7, 11) is 24.7. The van der Waals surface area contributed by atoms with Gasteiger partial charge in [-0.05, 0) is 85.5 Å². The van der Waals surface area contributed by atoms with Crippen LogP contribution in [0.3, 0.4) is 0 Å². The van der Waals surface area contributed by atoms with Gasteiger partial charge in [0, 0.05) is 61.9 Å². The average molecular weight is 881 g/mol. The Labute approximate surface area is 378 Å². The third-order valence-corrected chi connectivity index (χ3v) is 12.2. The molecule has 0 spiro atoms. The van der Waals surface area contributed by atoms with Gasteiger partial charge in [0.2, 0.25) is 35.4 Å². The number of nitrogens with zero attached hydrogens (tertiary/aromatic N) is 10. The topological polar surface area (TPSA) is 135 Å². The molecule has 0 heterocycles. The zero-order valence-electron chi connectivity index (χ0n) is 43.9. The number of carbonyl (C=O) groups excluding carboxylic acids is 6. The molecule has 16 heteroatoms. The van der Waals surface area contributed by atoms with Crippen LogP contribution >= 0.6 is 0 Å². The Morgan fingerprint density at radius 2 is 0.581 bits per heavy atom. The molecule has 6 amide bonds. The van der Waals surface area contributed by atoms with Crippen LogP contribution in [0.15, 0.2) is 0 Å². The normalized spacial score (nSPS) is 15.8. The molecule has 0 aromatic carbocycles. The van der Waals surface area contributed by atoms with Crippen LogP contribution in [-0.2, 0) is 28.8 Å². The molecule has 362 valence electrons. The second-order valence-electron chi connectivity index (χ2n) is 21.0. The monoisotopic (exact) mass is 881 g/mol. The van der Waals surface area contributed by atoms with Crippen LogP contribution < -0.4 is 0 Å². The Morgan fingerprint density at radius 3 is 0.823 bits per heavy atom. The number of hydrogen-bond donors (Lipinski definition) is 0. The summed E-state index contributed by atoms with van der Waals surface area (Å²) < 4.78 is 0. The van der Waals surface area contributed by atoms with Gasteiger partial charge >= 0.3 is 0 Å². The lowest BCUT2D eigenvalue weighted by Crippen LogP contribution is -2.63. The predicted molar refractivity (Wildman–Crippen MR) is 251 cm³/mol. The highest BCUT2D eigenvalue weighted by Gasteiger charge is 2.43. The van der Waals surface area contributed by atoms with Gasteiger partial charge in [-0.3, -0.25) is 48.4 Å². The molecular weight excluding hydrogens is 789 g/mol. The van der Waals surface area contributed by atoms with Crippen molar-refractivity contribution >= 4 is 35.4 Å². The Morgan fingerprint density at radius 1 is 0.339 bits per heavy atom. The summed E-state index contributed by atoms with van der Waals surface area (Å²) in [5, 5.41) is 0. The molecule has 0 aliphatic carbocycles. The summed E-state index contributed by atoms with van der Waals surface area (Å²) in [6.45, 7) is 21.7. The molecule has 7 unspecified atom stereocenters. The van der Waals surface area contributed by atoms with E-state index >= 15 is 4.79 Å². The van der Waals surface area contributed by atoms with E-state index in [0.29, 0.717) is 0 Å². The van der Waals surface area contributed by atoms with Crippen molar-refractivity contribution < 1.29 is 28.8 Å². The molecule has 62 heavy (non-hydrogen) atoms. The van der Waals surface area contributed by atoms with Gasteiger partial charge in [-0.15, -0.1) is 0 Å². The molecule has 0 saturated carbocycles. The molecule has 0 bridgehead atoms. The number of carbonyl (C=O) groups is 6. The minimum Gasteiger partial charge on any atom is -0.342 e. The van der Waals surface area contributed by atoms with Gasteiger partial charge < -0.3 is 29.4 Å². The molecule has 0 aliphatic heterocycles. The Bertz CT molecular complexity index is 1440. The molecule has 7 atom stereocenters. The Balaban J connectivity index is 7.39. The fourth-order valence-electron chi connectivity index (χ4n) is 8.99. The van der Waals surface area contributed by atoms with E-state index in [9.17, 15) is 24.0 Å². The number of hydrogen-bond acceptors (Lipinski definition) is 10. The minimum absolute atomic E-state index is 0.00403. The van der Waals surface area contributed by atoms with Crippen LogP contribution in [0.4, 0.5) is 0 Å². The lowest BCUT2D eigenvalue weighted by molar-refractivity contribution is -0.154. The maximum absolute atomic E-state index is 15.1. The first kappa shape index (κ1) is 58.7. The molecule has 16 nitrogen and oxygen atoms in total. The van der Waals surface area contributed by atoms with Crippen molar-refractivity contribution in [1.82, 2.24) is 49.0 Å². The van der Waals surface area contributed by atoms with E-state index in [0.717, 1.165) is 0 Å². The summed E-state index contributed by atoms with van der Waals surface area (Å²) in [5.41, 5.74) is -0.584. The van der Waals surface area contributed by atoms with Crippen molar-refractivity contribution in [3.63, 3.8) is 0 Å². The van der Waals surface area contributed by atoms with E-state index in [1.54, 1.807) is 57.0 Å². The van der Waals surface area contributed by atoms with E-state index in [2.05, 4.69) is 0 Å². The van der Waals surface area contributed by atoms with Crippen molar-refractivity contribution in [2.24, 2.45) is 29.1 Å². The van der Waals surface area contributed by atoms with Gasteiger partial charge in [0.25, 0.3) is 0 Å². The first-order valence-corrected chi connectivity index (χ1v) is 22.3. The number of rotatable bonds is 23. The fourth-order valence-corrected chi connectivity index (χ4v) is 8.99. The highest BCUT2D eigenvalue weighted by molar-refractivity contribution is 5.92. The largest absolute Gasteiger partial charge is 0.342 e. The lowest BCUT2D eigenvalue weighted by Gasteiger charge is -2.44. The van der Waals surface area contributed by atoms with Crippen LogP contribution in [0.5, 0.6) is 0 Å². The second kappa shape index (κ2) is 24.6. The van der Waals surface area contributed by atoms with E-state index in [4.69, 9.17) is 0 Å². The maximum atomic E-state index is 15.1. The second-order valence-corrected chi connectivity index (χ2v) is 21.0. The van der Waals surface area contributed by atoms with Crippen LogP contribution in [0.25, 0.3) is 0 Å². The van der Waals surface area contributed by atoms with Gasteiger partial charge in [0.15, 0.2) is 0 Å². The number of amides is 6. The molecular formula is C46H92N10O6.